The van der Waals surface area contributed by atoms with Crippen LogP contribution in [-0.2, 0) is 11.2 Å². The van der Waals surface area contributed by atoms with Gasteiger partial charge in [0.1, 0.15) is 6.61 Å². The number of rotatable bonds is 6. The van der Waals surface area contributed by atoms with Crippen LogP contribution in [0.2, 0.25) is 0 Å². The van der Waals surface area contributed by atoms with Crippen LogP contribution in [0.5, 0.6) is 11.5 Å². The van der Waals surface area contributed by atoms with Crippen molar-refractivity contribution in [2.45, 2.75) is 12.8 Å². The number of nitrogens with one attached hydrogen (secondary N) is 1. The number of hydrogen-bond donors (Lipinski definition) is 1. The molecular weight excluding hydrogens is 230 g/mol. The lowest BCUT2D eigenvalue weighted by Gasteiger charge is -2.10. The fourth-order valence-corrected chi connectivity index (χ4v) is 1.49. The second-order valence-electron chi connectivity index (χ2n) is 3.65. The zero-order chi connectivity index (χ0) is 13.4. The van der Waals surface area contributed by atoms with Crippen LogP contribution < -0.4 is 14.8 Å². The van der Waals surface area contributed by atoms with E-state index in [1.165, 1.54) is 0 Å². The maximum Gasteiger partial charge on any atom is 0.220 e. The molecule has 0 aromatic heterocycles. The van der Waals surface area contributed by atoms with Gasteiger partial charge in [0, 0.05) is 13.5 Å². The van der Waals surface area contributed by atoms with E-state index in [1.807, 2.05) is 12.1 Å². The highest BCUT2D eigenvalue weighted by molar-refractivity contribution is 5.75. The summed E-state index contributed by atoms with van der Waals surface area (Å²) < 4.78 is 10.6. The Kier molecular flexibility index (Phi) is 5.59. The number of carbonyl (C=O) groups excluding carboxylic acids is 1. The van der Waals surface area contributed by atoms with Crippen molar-refractivity contribution >= 4 is 5.91 Å². The Morgan fingerprint density at radius 1 is 1.44 bits per heavy atom. The maximum absolute atomic E-state index is 11.2. The van der Waals surface area contributed by atoms with Crippen molar-refractivity contribution < 1.29 is 14.3 Å². The van der Waals surface area contributed by atoms with Crippen molar-refractivity contribution in [3.8, 4) is 23.8 Å². The summed E-state index contributed by atoms with van der Waals surface area (Å²) in [6.45, 7) is 0.202. The van der Waals surface area contributed by atoms with Gasteiger partial charge in [-0.1, -0.05) is 12.0 Å². The van der Waals surface area contributed by atoms with E-state index in [-0.39, 0.29) is 12.5 Å². The SMILES string of the molecule is C#CCOc1ccc(CCC(=O)NC)cc1OC. The molecule has 1 N–H and O–H groups in total. The Morgan fingerprint density at radius 3 is 2.83 bits per heavy atom. The number of methoxy groups -OCH3 is 1. The van der Waals surface area contributed by atoms with Gasteiger partial charge in [-0.05, 0) is 24.1 Å². The number of carbonyl (C=O) groups is 1. The highest BCUT2D eigenvalue weighted by atomic mass is 16.5. The van der Waals surface area contributed by atoms with Gasteiger partial charge in [0.15, 0.2) is 11.5 Å². The van der Waals surface area contributed by atoms with E-state index in [0.29, 0.717) is 24.3 Å². The number of benzene rings is 1. The number of terminal acetylenes is 1. The molecule has 0 heterocycles. The van der Waals surface area contributed by atoms with Gasteiger partial charge in [0.05, 0.1) is 7.11 Å². The molecule has 0 bridgehead atoms. The lowest BCUT2D eigenvalue weighted by atomic mass is 10.1. The van der Waals surface area contributed by atoms with Crippen LogP contribution in [-0.4, -0.2) is 26.7 Å². The molecule has 4 nitrogen and oxygen atoms in total. The van der Waals surface area contributed by atoms with Crippen LogP contribution in [0.15, 0.2) is 18.2 Å². The largest absolute Gasteiger partial charge is 0.493 e. The predicted molar refractivity (Wildman–Crippen MR) is 69.7 cm³/mol. The van der Waals surface area contributed by atoms with E-state index in [0.717, 1.165) is 5.56 Å². The molecule has 1 aromatic rings. The molecule has 0 aliphatic heterocycles. The quantitative estimate of drug-likeness (QED) is 0.773. The van der Waals surface area contributed by atoms with Gasteiger partial charge < -0.3 is 14.8 Å². The average Bonchev–Trinajstić information content (AvgIpc) is 2.42. The first-order chi connectivity index (χ1) is 8.71. The number of hydrogen-bond acceptors (Lipinski definition) is 3. The first-order valence-corrected chi connectivity index (χ1v) is 5.65. The lowest BCUT2D eigenvalue weighted by Crippen LogP contribution is -2.17. The normalized spacial score (nSPS) is 9.39. The number of amides is 1. The molecule has 0 aliphatic rings. The predicted octanol–water partition coefficient (Wildman–Crippen LogP) is 1.39. The van der Waals surface area contributed by atoms with Crippen LogP contribution in [0, 0.1) is 12.3 Å². The Hall–Kier alpha value is -2.15. The Labute approximate surface area is 107 Å². The summed E-state index contributed by atoms with van der Waals surface area (Å²) in [5.41, 5.74) is 1.02. The topological polar surface area (TPSA) is 47.6 Å². The zero-order valence-corrected chi connectivity index (χ0v) is 10.7. The Bertz CT molecular complexity index is 449. The summed E-state index contributed by atoms with van der Waals surface area (Å²) in [7, 11) is 3.19. The highest BCUT2D eigenvalue weighted by Crippen LogP contribution is 2.28. The third-order valence-corrected chi connectivity index (χ3v) is 2.46. The van der Waals surface area contributed by atoms with Crippen LogP contribution >= 0.6 is 0 Å². The zero-order valence-electron chi connectivity index (χ0n) is 10.7. The number of aryl methyl sites for hydroxylation is 1. The maximum atomic E-state index is 11.2. The molecule has 0 saturated heterocycles. The van der Waals surface area contributed by atoms with E-state index >= 15 is 0 Å². The summed E-state index contributed by atoms with van der Waals surface area (Å²) >= 11 is 0. The Morgan fingerprint density at radius 2 is 2.22 bits per heavy atom. The molecule has 0 unspecified atom stereocenters. The molecule has 0 spiro atoms. The molecule has 0 radical (unpaired) electrons. The fraction of sp³-hybridized carbons (Fsp3) is 0.357. The van der Waals surface area contributed by atoms with Gasteiger partial charge in [-0.3, -0.25) is 4.79 Å². The summed E-state index contributed by atoms with van der Waals surface area (Å²) in [5, 5.41) is 2.59. The molecule has 1 rings (SSSR count). The monoisotopic (exact) mass is 247 g/mol. The molecule has 1 amide bonds. The number of ether oxygens (including phenoxy) is 2. The van der Waals surface area contributed by atoms with Crippen molar-refractivity contribution in [1.82, 2.24) is 5.32 Å². The molecule has 0 fully saturated rings. The van der Waals surface area contributed by atoms with E-state index < -0.39 is 0 Å². The van der Waals surface area contributed by atoms with Crippen molar-refractivity contribution in [2.75, 3.05) is 20.8 Å². The fourth-order valence-electron chi connectivity index (χ4n) is 1.49. The third kappa shape index (κ3) is 4.02. The van der Waals surface area contributed by atoms with Crippen LogP contribution in [0.4, 0.5) is 0 Å². The molecule has 18 heavy (non-hydrogen) atoms. The first-order valence-electron chi connectivity index (χ1n) is 5.65. The van der Waals surface area contributed by atoms with Crippen molar-refractivity contribution in [1.29, 1.82) is 0 Å². The standard InChI is InChI=1S/C14H17NO3/c1-4-9-18-12-7-5-11(10-13(12)17-3)6-8-14(16)15-2/h1,5,7,10H,6,8-9H2,2-3H3,(H,15,16). The van der Waals surface area contributed by atoms with Crippen molar-refractivity contribution in [3.05, 3.63) is 23.8 Å². The first kappa shape index (κ1) is 13.9. The molecule has 0 aliphatic carbocycles. The highest BCUT2D eigenvalue weighted by Gasteiger charge is 2.06. The van der Waals surface area contributed by atoms with Crippen molar-refractivity contribution in [3.63, 3.8) is 0 Å². The minimum absolute atomic E-state index is 0.0154. The van der Waals surface area contributed by atoms with Gasteiger partial charge >= 0.3 is 0 Å². The van der Waals surface area contributed by atoms with Gasteiger partial charge in [-0.15, -0.1) is 6.42 Å². The van der Waals surface area contributed by atoms with Crippen LogP contribution in [0.1, 0.15) is 12.0 Å². The van der Waals surface area contributed by atoms with E-state index in [1.54, 1.807) is 20.2 Å². The molecule has 96 valence electrons. The van der Waals surface area contributed by atoms with E-state index in [2.05, 4.69) is 11.2 Å². The molecule has 1 aromatic carbocycles. The smallest absolute Gasteiger partial charge is 0.220 e. The minimum atomic E-state index is 0.0154. The van der Waals surface area contributed by atoms with Crippen molar-refractivity contribution in [2.24, 2.45) is 0 Å². The lowest BCUT2D eigenvalue weighted by molar-refractivity contribution is -0.120. The van der Waals surface area contributed by atoms with Crippen LogP contribution in [0.3, 0.4) is 0 Å². The molecular formula is C14H17NO3. The molecule has 0 saturated carbocycles. The summed E-state index contributed by atoms with van der Waals surface area (Å²) in [5.74, 6) is 3.65. The second-order valence-corrected chi connectivity index (χ2v) is 3.65. The van der Waals surface area contributed by atoms with Gasteiger partial charge in [-0.25, -0.2) is 0 Å². The van der Waals surface area contributed by atoms with Gasteiger partial charge in [0.2, 0.25) is 5.91 Å². The molecule has 4 heteroatoms. The van der Waals surface area contributed by atoms with E-state index in [9.17, 15) is 4.79 Å². The summed E-state index contributed by atoms with van der Waals surface area (Å²) in [4.78, 5) is 11.2. The Balaban J connectivity index is 2.72. The van der Waals surface area contributed by atoms with Gasteiger partial charge in [-0.2, -0.15) is 0 Å². The second kappa shape index (κ2) is 7.23. The minimum Gasteiger partial charge on any atom is -0.493 e. The summed E-state index contributed by atoms with van der Waals surface area (Å²) in [6, 6.07) is 5.56. The van der Waals surface area contributed by atoms with Gasteiger partial charge in [0.25, 0.3) is 0 Å². The van der Waals surface area contributed by atoms with E-state index in [4.69, 9.17) is 15.9 Å². The molecule has 0 atom stereocenters. The van der Waals surface area contributed by atoms with Crippen LogP contribution in [0.25, 0.3) is 0 Å². The average molecular weight is 247 g/mol. The third-order valence-electron chi connectivity index (χ3n) is 2.46. The summed E-state index contributed by atoms with van der Waals surface area (Å²) in [6.07, 6.45) is 6.24.